The Morgan fingerprint density at radius 3 is 1.29 bits per heavy atom. The van der Waals surface area contributed by atoms with E-state index in [4.69, 9.17) is 15.1 Å². The molecule has 0 fully saturated rings. The largest absolute Gasteiger partial charge is 0.398 e. The number of nitrogen functional groups attached to an aromatic ring is 2. The Balaban J connectivity index is 1.22. The van der Waals surface area contributed by atoms with Gasteiger partial charge in [-0.2, -0.15) is 0 Å². The van der Waals surface area contributed by atoms with Crippen LogP contribution in [0.1, 0.15) is 11.1 Å². The average Bonchev–Trinajstić information content (AvgIpc) is 2.81. The van der Waals surface area contributed by atoms with Crippen molar-refractivity contribution in [1.29, 1.82) is 0 Å². The summed E-state index contributed by atoms with van der Waals surface area (Å²) >= 11 is 2.91. The van der Waals surface area contributed by atoms with E-state index < -0.39 is 0 Å². The van der Waals surface area contributed by atoms with Crippen LogP contribution in [-0.4, -0.2) is 0 Å². The van der Waals surface area contributed by atoms with Gasteiger partial charge in [-0.15, -0.1) is 0 Å². The zero-order valence-electron chi connectivity index (χ0n) is 17.0. The Morgan fingerprint density at radius 1 is 0.516 bits per heavy atom. The molecule has 0 atom stereocenters. The Bertz CT molecular complexity index is 1040. The van der Waals surface area contributed by atoms with Crippen LogP contribution in [0.4, 0.5) is 11.4 Å². The zero-order chi connectivity index (χ0) is 21.5. The molecule has 31 heavy (non-hydrogen) atoms. The Hall–Kier alpha value is -2.86. The van der Waals surface area contributed by atoms with Gasteiger partial charge in [0, 0.05) is 58.1 Å². The summed E-state index contributed by atoms with van der Waals surface area (Å²) < 4.78 is 5.70. The first-order valence-corrected chi connectivity index (χ1v) is 11.8. The summed E-state index contributed by atoms with van der Waals surface area (Å²) in [5.41, 5.74) is 20.5. The molecule has 4 aromatic carbocycles. The monoisotopic (exact) mass is 444 g/mol. The minimum absolute atomic E-state index is 0.795. The number of benzene rings is 4. The van der Waals surface area contributed by atoms with Crippen molar-refractivity contribution in [3.05, 3.63) is 108 Å². The number of nitrogens with two attached hydrogens (primary N) is 2. The van der Waals surface area contributed by atoms with E-state index >= 15 is 0 Å². The molecule has 0 aliphatic rings. The van der Waals surface area contributed by atoms with E-state index in [0.717, 1.165) is 45.1 Å². The van der Waals surface area contributed by atoms with Crippen LogP contribution in [-0.2, 0) is 15.1 Å². The SMILES string of the molecule is Nc1ccccc1-c1ccc(CSOSCc2ccc(-c3ccccc3N)cc2)cc1. The molecule has 0 spiro atoms. The number of rotatable bonds is 8. The topological polar surface area (TPSA) is 61.3 Å². The van der Waals surface area contributed by atoms with E-state index in [0.29, 0.717) is 0 Å². The fraction of sp³-hybridized carbons (Fsp3) is 0.0769. The Morgan fingerprint density at radius 2 is 0.903 bits per heavy atom. The molecule has 4 rings (SSSR count). The van der Waals surface area contributed by atoms with Crippen molar-refractivity contribution >= 4 is 35.5 Å². The maximum atomic E-state index is 6.06. The van der Waals surface area contributed by atoms with Gasteiger partial charge in [-0.25, -0.2) is 3.63 Å². The maximum Gasteiger partial charge on any atom is 0.0461 e. The molecule has 3 nitrogen and oxygen atoms in total. The van der Waals surface area contributed by atoms with Crippen LogP contribution < -0.4 is 11.5 Å². The van der Waals surface area contributed by atoms with Crippen LogP contribution in [0.5, 0.6) is 0 Å². The van der Waals surface area contributed by atoms with Crippen LogP contribution in [0.2, 0.25) is 0 Å². The predicted molar refractivity (Wildman–Crippen MR) is 136 cm³/mol. The summed E-state index contributed by atoms with van der Waals surface area (Å²) in [5, 5.41) is 0. The number of hydrogen-bond acceptors (Lipinski definition) is 5. The number of para-hydroxylation sites is 2. The van der Waals surface area contributed by atoms with E-state index in [-0.39, 0.29) is 0 Å². The van der Waals surface area contributed by atoms with Crippen LogP contribution in [0, 0.1) is 0 Å². The second-order valence-electron chi connectivity index (χ2n) is 7.16. The van der Waals surface area contributed by atoms with Crippen molar-refractivity contribution in [3.8, 4) is 22.3 Å². The van der Waals surface area contributed by atoms with Gasteiger partial charge in [0.15, 0.2) is 0 Å². The van der Waals surface area contributed by atoms with Gasteiger partial charge in [0.2, 0.25) is 0 Å². The second kappa shape index (κ2) is 10.4. The molecule has 0 aliphatic carbocycles. The van der Waals surface area contributed by atoms with Gasteiger partial charge in [0.05, 0.1) is 0 Å². The number of anilines is 2. The summed E-state index contributed by atoms with van der Waals surface area (Å²) in [5.74, 6) is 1.59. The highest BCUT2D eigenvalue weighted by molar-refractivity contribution is 8.07. The van der Waals surface area contributed by atoms with Crippen molar-refractivity contribution < 1.29 is 3.63 Å². The van der Waals surface area contributed by atoms with E-state index in [2.05, 4.69) is 48.5 Å². The predicted octanol–water partition coefficient (Wildman–Crippen LogP) is 7.20. The van der Waals surface area contributed by atoms with Gasteiger partial charge in [-0.3, -0.25) is 0 Å². The molecule has 0 aromatic heterocycles. The zero-order valence-corrected chi connectivity index (χ0v) is 18.7. The lowest BCUT2D eigenvalue weighted by atomic mass is 10.0. The average molecular weight is 445 g/mol. The van der Waals surface area contributed by atoms with Crippen molar-refractivity contribution in [2.75, 3.05) is 11.5 Å². The Kier molecular flexibility index (Phi) is 7.20. The van der Waals surface area contributed by atoms with Crippen molar-refractivity contribution in [2.45, 2.75) is 11.5 Å². The molecule has 0 radical (unpaired) electrons. The fourth-order valence-electron chi connectivity index (χ4n) is 3.30. The minimum Gasteiger partial charge on any atom is -0.398 e. The fourth-order valence-corrected chi connectivity index (χ4v) is 4.61. The molecular weight excluding hydrogens is 420 g/mol. The highest BCUT2D eigenvalue weighted by atomic mass is 32.2. The van der Waals surface area contributed by atoms with Crippen LogP contribution >= 0.6 is 24.1 Å². The Labute approximate surface area is 192 Å². The lowest BCUT2D eigenvalue weighted by molar-refractivity contribution is 0.755. The lowest BCUT2D eigenvalue weighted by Crippen LogP contribution is -1.90. The third kappa shape index (κ3) is 5.64. The molecule has 0 bridgehead atoms. The van der Waals surface area contributed by atoms with Gasteiger partial charge in [0.1, 0.15) is 0 Å². The van der Waals surface area contributed by atoms with E-state index in [1.54, 1.807) is 0 Å². The normalized spacial score (nSPS) is 10.8. The summed E-state index contributed by atoms with van der Waals surface area (Å²) in [6.07, 6.45) is 0. The molecule has 0 unspecified atom stereocenters. The molecule has 0 aliphatic heterocycles. The van der Waals surface area contributed by atoms with E-state index in [9.17, 15) is 0 Å². The van der Waals surface area contributed by atoms with Crippen molar-refractivity contribution in [1.82, 2.24) is 0 Å². The summed E-state index contributed by atoms with van der Waals surface area (Å²) in [4.78, 5) is 0. The van der Waals surface area contributed by atoms with Crippen LogP contribution in [0.15, 0.2) is 97.1 Å². The lowest BCUT2D eigenvalue weighted by Gasteiger charge is -2.08. The molecule has 0 saturated heterocycles. The van der Waals surface area contributed by atoms with Gasteiger partial charge in [-0.1, -0.05) is 84.9 Å². The first kappa shape index (κ1) is 21.4. The second-order valence-corrected chi connectivity index (χ2v) is 8.75. The highest BCUT2D eigenvalue weighted by Crippen LogP contribution is 2.29. The van der Waals surface area contributed by atoms with Gasteiger partial charge >= 0.3 is 0 Å². The van der Waals surface area contributed by atoms with Gasteiger partial charge in [0.25, 0.3) is 0 Å². The van der Waals surface area contributed by atoms with E-state index in [1.807, 2.05) is 48.5 Å². The maximum absolute atomic E-state index is 6.06. The summed E-state index contributed by atoms with van der Waals surface area (Å²) in [6, 6.07) is 32.8. The van der Waals surface area contributed by atoms with Crippen LogP contribution in [0.25, 0.3) is 22.3 Å². The first-order chi connectivity index (χ1) is 15.2. The molecule has 0 heterocycles. The summed E-state index contributed by atoms with van der Waals surface area (Å²) in [6.45, 7) is 0. The van der Waals surface area contributed by atoms with Gasteiger partial charge < -0.3 is 11.5 Å². The van der Waals surface area contributed by atoms with Crippen LogP contribution in [0.3, 0.4) is 0 Å². The first-order valence-electron chi connectivity index (χ1n) is 9.99. The smallest absolute Gasteiger partial charge is 0.0461 e. The minimum atomic E-state index is 0.795. The standard InChI is InChI=1S/C26H24N2OS2/c27-25-7-3-1-5-23(25)21-13-9-19(10-14-21)17-30-29-31-18-20-11-15-22(16-12-20)24-6-2-4-8-26(24)28/h1-16H,17-18,27-28H2. The molecule has 0 saturated carbocycles. The highest BCUT2D eigenvalue weighted by Gasteiger charge is 2.04. The van der Waals surface area contributed by atoms with Crippen molar-refractivity contribution in [2.24, 2.45) is 0 Å². The molecule has 5 heteroatoms. The molecule has 4 N–H and O–H groups in total. The number of hydrogen-bond donors (Lipinski definition) is 2. The molecule has 0 amide bonds. The molecule has 4 aromatic rings. The van der Waals surface area contributed by atoms with Crippen molar-refractivity contribution in [3.63, 3.8) is 0 Å². The third-order valence-electron chi connectivity index (χ3n) is 5.00. The van der Waals surface area contributed by atoms with E-state index in [1.165, 1.54) is 35.2 Å². The third-order valence-corrected chi connectivity index (χ3v) is 6.67. The molecule has 156 valence electrons. The quantitative estimate of drug-likeness (QED) is 0.171. The summed E-state index contributed by atoms with van der Waals surface area (Å²) in [7, 11) is 0. The van der Waals surface area contributed by atoms with Gasteiger partial charge in [-0.05, 0) is 34.4 Å². The molecular formula is C26H24N2OS2.